The molecule has 0 aliphatic carbocycles. The van der Waals surface area contributed by atoms with Crippen LogP contribution < -0.4 is 0 Å². The summed E-state index contributed by atoms with van der Waals surface area (Å²) in [4.78, 5) is 33.1. The maximum Gasteiger partial charge on any atom is 0.272 e. The Bertz CT molecular complexity index is 964. The van der Waals surface area contributed by atoms with Gasteiger partial charge in [-0.2, -0.15) is 5.26 Å². The highest BCUT2D eigenvalue weighted by atomic mass is 16.3. The number of piperidine rings is 1. The Balaban J connectivity index is 1.35. The van der Waals surface area contributed by atoms with Crippen LogP contribution in [-0.4, -0.2) is 57.9 Å². The summed E-state index contributed by atoms with van der Waals surface area (Å²) < 4.78 is 0. The van der Waals surface area contributed by atoms with Crippen molar-refractivity contribution >= 4 is 11.8 Å². The number of benzene rings is 1. The zero-order chi connectivity index (χ0) is 20.4. The smallest absolute Gasteiger partial charge is 0.272 e. The molecule has 1 aromatic heterocycles. The quantitative estimate of drug-likeness (QED) is 0.867. The van der Waals surface area contributed by atoms with Crippen molar-refractivity contribution in [3.8, 4) is 11.8 Å². The number of nitriles is 1. The molecule has 1 atom stereocenters. The van der Waals surface area contributed by atoms with E-state index >= 15 is 0 Å². The van der Waals surface area contributed by atoms with E-state index in [2.05, 4.69) is 4.98 Å². The lowest BCUT2D eigenvalue weighted by molar-refractivity contribution is 0.0186. The van der Waals surface area contributed by atoms with Crippen molar-refractivity contribution < 1.29 is 14.7 Å². The molecule has 0 saturated carbocycles. The molecule has 2 saturated heterocycles. The number of hydrogen-bond donors (Lipinski definition) is 1. The summed E-state index contributed by atoms with van der Waals surface area (Å²) in [7, 11) is 0. The number of carbonyl (C=O) groups excluding carboxylic acids is 2. The van der Waals surface area contributed by atoms with Crippen molar-refractivity contribution in [2.75, 3.05) is 26.2 Å². The molecule has 1 unspecified atom stereocenters. The zero-order valence-corrected chi connectivity index (χ0v) is 16.0. The molecule has 7 heteroatoms. The first-order valence-corrected chi connectivity index (χ1v) is 9.79. The van der Waals surface area contributed by atoms with E-state index in [1.54, 1.807) is 29.3 Å². The van der Waals surface area contributed by atoms with Gasteiger partial charge in [-0.05, 0) is 55.0 Å². The number of carbonyl (C=O) groups is 2. The van der Waals surface area contributed by atoms with Crippen LogP contribution in [0.1, 0.15) is 39.3 Å². The Morgan fingerprint density at radius 3 is 2.59 bits per heavy atom. The molecule has 7 nitrogen and oxygen atoms in total. The van der Waals surface area contributed by atoms with Gasteiger partial charge in [0.05, 0.1) is 5.56 Å². The molecule has 4 rings (SSSR count). The molecular weight excluding hydrogens is 368 g/mol. The van der Waals surface area contributed by atoms with Crippen LogP contribution in [0.15, 0.2) is 42.6 Å². The number of amides is 2. The van der Waals surface area contributed by atoms with E-state index in [9.17, 15) is 14.7 Å². The highest BCUT2D eigenvalue weighted by molar-refractivity contribution is 5.95. The summed E-state index contributed by atoms with van der Waals surface area (Å²) in [5.41, 5.74) is 0.983. The number of likely N-dealkylation sites (tertiary alicyclic amines) is 2. The van der Waals surface area contributed by atoms with Crippen molar-refractivity contribution in [1.82, 2.24) is 14.8 Å². The van der Waals surface area contributed by atoms with Crippen molar-refractivity contribution in [2.45, 2.75) is 12.8 Å². The van der Waals surface area contributed by atoms with E-state index in [0.717, 1.165) is 19.4 Å². The molecule has 148 valence electrons. The number of phenolic OH excluding ortho intramolecular Hbond substituents is 1. The van der Waals surface area contributed by atoms with Gasteiger partial charge in [-0.25, -0.2) is 0 Å². The maximum atomic E-state index is 12.7. The number of hydrogen-bond acceptors (Lipinski definition) is 5. The fourth-order valence-corrected chi connectivity index (χ4v) is 4.15. The minimum absolute atomic E-state index is 0.0318. The summed E-state index contributed by atoms with van der Waals surface area (Å²) in [5.74, 6) is 0.455. The van der Waals surface area contributed by atoms with Crippen LogP contribution in [0.3, 0.4) is 0 Å². The second kappa shape index (κ2) is 7.92. The van der Waals surface area contributed by atoms with E-state index in [4.69, 9.17) is 5.26 Å². The van der Waals surface area contributed by atoms with E-state index in [1.165, 1.54) is 12.1 Å². The lowest BCUT2D eigenvalue weighted by Crippen LogP contribution is -2.55. The molecule has 0 radical (unpaired) electrons. The fraction of sp³-hybridized carbons (Fsp3) is 0.364. The van der Waals surface area contributed by atoms with E-state index in [1.807, 2.05) is 17.0 Å². The van der Waals surface area contributed by atoms with Crippen LogP contribution in [0, 0.1) is 23.2 Å². The number of phenols is 1. The Morgan fingerprint density at radius 1 is 1.07 bits per heavy atom. The van der Waals surface area contributed by atoms with Crippen molar-refractivity contribution in [3.05, 3.63) is 59.4 Å². The number of pyridine rings is 1. The van der Waals surface area contributed by atoms with Gasteiger partial charge in [0, 0.05) is 37.9 Å². The Morgan fingerprint density at radius 2 is 1.86 bits per heavy atom. The molecule has 3 heterocycles. The van der Waals surface area contributed by atoms with Crippen LogP contribution in [0.2, 0.25) is 0 Å². The molecule has 2 fully saturated rings. The Hall–Kier alpha value is -3.40. The van der Waals surface area contributed by atoms with Crippen LogP contribution >= 0.6 is 0 Å². The predicted molar refractivity (Wildman–Crippen MR) is 105 cm³/mol. The second-order valence-corrected chi connectivity index (χ2v) is 7.68. The third-order valence-corrected chi connectivity index (χ3v) is 5.86. The molecule has 1 aromatic carbocycles. The molecule has 0 spiro atoms. The van der Waals surface area contributed by atoms with Gasteiger partial charge in [0.15, 0.2) is 0 Å². The molecule has 2 aliphatic rings. The van der Waals surface area contributed by atoms with Gasteiger partial charge in [0.2, 0.25) is 0 Å². The average Bonchev–Trinajstić information content (AvgIpc) is 2.73. The summed E-state index contributed by atoms with van der Waals surface area (Å²) in [5, 5.41) is 18.6. The predicted octanol–water partition coefficient (Wildman–Crippen LogP) is 2.28. The Labute approximate surface area is 169 Å². The van der Waals surface area contributed by atoms with Gasteiger partial charge in [-0.15, -0.1) is 0 Å². The van der Waals surface area contributed by atoms with E-state index in [0.29, 0.717) is 42.7 Å². The first-order valence-electron chi connectivity index (χ1n) is 9.79. The summed E-state index contributed by atoms with van der Waals surface area (Å²) in [6, 6.07) is 11.6. The fourth-order valence-electron chi connectivity index (χ4n) is 4.15. The van der Waals surface area contributed by atoms with Gasteiger partial charge in [0.1, 0.15) is 17.5 Å². The molecular formula is C22H22N4O3. The highest BCUT2D eigenvalue weighted by Gasteiger charge is 2.39. The van der Waals surface area contributed by atoms with Gasteiger partial charge >= 0.3 is 0 Å². The van der Waals surface area contributed by atoms with E-state index in [-0.39, 0.29) is 23.1 Å². The molecule has 2 aliphatic heterocycles. The largest absolute Gasteiger partial charge is 0.507 e. The van der Waals surface area contributed by atoms with Crippen LogP contribution in [-0.2, 0) is 0 Å². The minimum Gasteiger partial charge on any atom is -0.507 e. The van der Waals surface area contributed by atoms with E-state index < -0.39 is 0 Å². The number of rotatable bonds is 3. The van der Waals surface area contributed by atoms with Crippen LogP contribution in [0.5, 0.6) is 5.75 Å². The summed E-state index contributed by atoms with van der Waals surface area (Å²) >= 11 is 0. The Kier molecular flexibility index (Phi) is 5.17. The molecule has 29 heavy (non-hydrogen) atoms. The normalized spacial score (nSPS) is 19.3. The SMILES string of the molecule is N#Cc1cc(C(=O)N2CC(C3CCCN(C(=O)c4ccccn4)C3)C2)ccc1O. The average molecular weight is 390 g/mol. The molecule has 1 N–H and O–H groups in total. The van der Waals surface area contributed by atoms with Crippen LogP contribution in [0.25, 0.3) is 0 Å². The van der Waals surface area contributed by atoms with Gasteiger partial charge in [-0.3, -0.25) is 14.6 Å². The van der Waals surface area contributed by atoms with Gasteiger partial charge in [0.25, 0.3) is 11.8 Å². The number of aromatic nitrogens is 1. The number of nitrogens with zero attached hydrogens (tertiary/aromatic N) is 4. The topological polar surface area (TPSA) is 97.5 Å². The summed E-state index contributed by atoms with van der Waals surface area (Å²) in [6.45, 7) is 2.74. The molecule has 2 amide bonds. The summed E-state index contributed by atoms with van der Waals surface area (Å²) in [6.07, 6.45) is 3.64. The van der Waals surface area contributed by atoms with Gasteiger partial charge in [-0.1, -0.05) is 6.07 Å². The highest BCUT2D eigenvalue weighted by Crippen LogP contribution is 2.32. The zero-order valence-electron chi connectivity index (χ0n) is 16.0. The van der Waals surface area contributed by atoms with Gasteiger partial charge < -0.3 is 14.9 Å². The third kappa shape index (κ3) is 3.79. The standard InChI is InChI=1S/C22H22N4O3/c23-11-17-10-15(6-7-20(17)27)21(28)26-13-18(14-26)16-4-3-9-25(12-16)22(29)19-5-1-2-8-24-19/h1-2,5-8,10,16,18,27H,3-4,9,12-14H2. The van der Waals surface area contributed by atoms with Crippen LogP contribution in [0.4, 0.5) is 0 Å². The number of aromatic hydroxyl groups is 1. The lowest BCUT2D eigenvalue weighted by Gasteiger charge is -2.46. The molecule has 0 bridgehead atoms. The monoisotopic (exact) mass is 390 g/mol. The van der Waals surface area contributed by atoms with Crippen molar-refractivity contribution in [2.24, 2.45) is 11.8 Å². The first-order chi connectivity index (χ1) is 14.1. The minimum atomic E-state index is -0.130. The third-order valence-electron chi connectivity index (χ3n) is 5.86. The lowest BCUT2D eigenvalue weighted by atomic mass is 9.80. The maximum absolute atomic E-state index is 12.7. The van der Waals surface area contributed by atoms with Crippen molar-refractivity contribution in [3.63, 3.8) is 0 Å². The second-order valence-electron chi connectivity index (χ2n) is 7.68. The molecule has 2 aromatic rings. The van der Waals surface area contributed by atoms with Crippen molar-refractivity contribution in [1.29, 1.82) is 5.26 Å². The first kappa shape index (κ1) is 18.9.